The molecule has 0 radical (unpaired) electrons. The molecular weight excluding hydrogens is 290 g/mol. The minimum Gasteiger partial charge on any atom is -0.392 e. The third-order valence-corrected chi connectivity index (χ3v) is 4.54. The number of sulfonamides is 1. The maximum Gasteiger partial charge on any atom is 0.241 e. The van der Waals surface area contributed by atoms with Crippen molar-refractivity contribution in [1.82, 2.24) is 14.7 Å². The van der Waals surface area contributed by atoms with E-state index in [1.165, 1.54) is 6.07 Å². The molecule has 0 fully saturated rings. The van der Waals surface area contributed by atoms with E-state index in [2.05, 4.69) is 14.7 Å². The van der Waals surface area contributed by atoms with Gasteiger partial charge in [0.1, 0.15) is 5.82 Å². The molecule has 6 nitrogen and oxygen atoms in total. The van der Waals surface area contributed by atoms with E-state index in [0.717, 1.165) is 0 Å². The van der Waals surface area contributed by atoms with Crippen molar-refractivity contribution < 1.29 is 13.5 Å². The molecule has 2 aromatic rings. The second-order valence-corrected chi connectivity index (χ2v) is 6.41. The highest BCUT2D eigenvalue weighted by Crippen LogP contribution is 2.17. The topological polar surface area (TPSA) is 92.2 Å². The summed E-state index contributed by atoms with van der Waals surface area (Å²) in [7, 11) is -3.66. The van der Waals surface area contributed by atoms with Gasteiger partial charge in [-0.25, -0.2) is 23.1 Å². The second-order valence-electron chi connectivity index (χ2n) is 4.68. The number of aromatic nitrogens is 2. The van der Waals surface area contributed by atoms with Gasteiger partial charge in [0.2, 0.25) is 10.0 Å². The van der Waals surface area contributed by atoms with E-state index in [0.29, 0.717) is 22.6 Å². The van der Waals surface area contributed by atoms with Gasteiger partial charge in [-0.3, -0.25) is 0 Å². The van der Waals surface area contributed by atoms with Gasteiger partial charge in [0, 0.05) is 6.20 Å². The van der Waals surface area contributed by atoms with Gasteiger partial charge in [0.05, 0.1) is 23.7 Å². The van der Waals surface area contributed by atoms with Crippen molar-refractivity contribution in [3.05, 3.63) is 53.1 Å². The van der Waals surface area contributed by atoms with Crippen LogP contribution in [-0.2, 0) is 23.2 Å². The zero-order chi connectivity index (χ0) is 15.5. The van der Waals surface area contributed by atoms with Crippen LogP contribution in [0.15, 0.2) is 35.4 Å². The van der Waals surface area contributed by atoms with E-state index in [1.54, 1.807) is 38.2 Å². The Bertz CT molecular complexity index is 745. The normalized spacial score (nSPS) is 11.6. The lowest BCUT2D eigenvalue weighted by molar-refractivity contribution is 0.281. The lowest BCUT2D eigenvalue weighted by atomic mass is 10.2. The third kappa shape index (κ3) is 3.84. The molecule has 0 saturated carbocycles. The van der Waals surface area contributed by atoms with E-state index < -0.39 is 10.0 Å². The van der Waals surface area contributed by atoms with Crippen LogP contribution in [0.1, 0.15) is 22.6 Å². The number of benzene rings is 1. The van der Waals surface area contributed by atoms with Crippen molar-refractivity contribution >= 4 is 10.0 Å². The zero-order valence-electron chi connectivity index (χ0n) is 11.9. The van der Waals surface area contributed by atoms with Gasteiger partial charge in [0.25, 0.3) is 0 Å². The maximum absolute atomic E-state index is 12.3. The SMILES string of the molecule is Cc1nccc(CNS(=O)(=O)c2cc(CO)ccc2C)n1. The summed E-state index contributed by atoms with van der Waals surface area (Å²) in [6, 6.07) is 6.51. The minimum absolute atomic E-state index is 0.0918. The molecule has 0 aliphatic carbocycles. The first-order chi connectivity index (χ1) is 9.92. The minimum atomic E-state index is -3.66. The van der Waals surface area contributed by atoms with Gasteiger partial charge < -0.3 is 5.11 Å². The Morgan fingerprint density at radius 1 is 1.24 bits per heavy atom. The Kier molecular flexibility index (Phi) is 4.66. The second kappa shape index (κ2) is 6.30. The summed E-state index contributed by atoms with van der Waals surface area (Å²) in [5.74, 6) is 0.588. The molecule has 1 aromatic carbocycles. The monoisotopic (exact) mass is 307 g/mol. The highest BCUT2D eigenvalue weighted by Gasteiger charge is 2.17. The van der Waals surface area contributed by atoms with Gasteiger partial charge in [0.15, 0.2) is 0 Å². The van der Waals surface area contributed by atoms with Crippen LogP contribution in [-0.4, -0.2) is 23.5 Å². The van der Waals surface area contributed by atoms with Crippen molar-refractivity contribution in [2.75, 3.05) is 0 Å². The quantitative estimate of drug-likeness (QED) is 0.862. The molecule has 112 valence electrons. The van der Waals surface area contributed by atoms with Crippen LogP contribution in [0.2, 0.25) is 0 Å². The molecule has 21 heavy (non-hydrogen) atoms. The average Bonchev–Trinajstić information content (AvgIpc) is 2.46. The molecule has 1 heterocycles. The van der Waals surface area contributed by atoms with E-state index in [1.807, 2.05) is 0 Å². The van der Waals surface area contributed by atoms with E-state index in [-0.39, 0.29) is 18.0 Å². The Morgan fingerprint density at radius 2 is 2.00 bits per heavy atom. The highest BCUT2D eigenvalue weighted by molar-refractivity contribution is 7.89. The average molecular weight is 307 g/mol. The van der Waals surface area contributed by atoms with Crippen LogP contribution in [0.5, 0.6) is 0 Å². The van der Waals surface area contributed by atoms with E-state index in [9.17, 15) is 8.42 Å². The Hall–Kier alpha value is -1.83. The molecule has 2 rings (SSSR count). The summed E-state index contributed by atoms with van der Waals surface area (Å²) < 4.78 is 27.2. The Morgan fingerprint density at radius 3 is 2.67 bits per heavy atom. The van der Waals surface area contributed by atoms with Gasteiger partial charge >= 0.3 is 0 Å². The lowest BCUT2D eigenvalue weighted by Crippen LogP contribution is -2.24. The van der Waals surface area contributed by atoms with Crippen molar-refractivity contribution in [2.24, 2.45) is 0 Å². The van der Waals surface area contributed by atoms with Crippen molar-refractivity contribution in [2.45, 2.75) is 31.9 Å². The first-order valence-electron chi connectivity index (χ1n) is 6.41. The van der Waals surface area contributed by atoms with Crippen LogP contribution < -0.4 is 4.72 Å². The van der Waals surface area contributed by atoms with Gasteiger partial charge in [-0.15, -0.1) is 0 Å². The fourth-order valence-electron chi connectivity index (χ4n) is 1.88. The van der Waals surface area contributed by atoms with E-state index >= 15 is 0 Å². The van der Waals surface area contributed by atoms with Gasteiger partial charge in [-0.05, 0) is 37.1 Å². The Labute approximate surface area is 123 Å². The summed E-state index contributed by atoms with van der Waals surface area (Å²) in [6.45, 7) is 3.35. The number of hydrogen-bond donors (Lipinski definition) is 2. The standard InChI is InChI=1S/C14H17N3O3S/c1-10-3-4-12(9-18)7-14(10)21(19,20)16-8-13-5-6-15-11(2)17-13/h3-7,16,18H,8-9H2,1-2H3. The molecular formula is C14H17N3O3S. The van der Waals surface area contributed by atoms with Crippen molar-refractivity contribution in [3.63, 3.8) is 0 Å². The molecule has 0 saturated heterocycles. The molecule has 1 aromatic heterocycles. The number of nitrogens with one attached hydrogen (secondary N) is 1. The summed E-state index contributed by atoms with van der Waals surface area (Å²) >= 11 is 0. The predicted molar refractivity (Wildman–Crippen MR) is 77.9 cm³/mol. The van der Waals surface area contributed by atoms with Crippen LogP contribution in [0.3, 0.4) is 0 Å². The van der Waals surface area contributed by atoms with Crippen molar-refractivity contribution in [3.8, 4) is 0 Å². The smallest absolute Gasteiger partial charge is 0.241 e. The van der Waals surface area contributed by atoms with Gasteiger partial charge in [-0.1, -0.05) is 12.1 Å². The summed E-state index contributed by atoms with van der Waals surface area (Å²) in [5, 5.41) is 9.12. The fourth-order valence-corrected chi connectivity index (χ4v) is 3.17. The largest absolute Gasteiger partial charge is 0.392 e. The predicted octanol–water partition coefficient (Wildman–Crippen LogP) is 1.06. The molecule has 0 amide bonds. The highest BCUT2D eigenvalue weighted by atomic mass is 32.2. The van der Waals surface area contributed by atoms with Crippen LogP contribution in [0, 0.1) is 13.8 Å². The lowest BCUT2D eigenvalue weighted by Gasteiger charge is -2.10. The number of hydrogen-bond acceptors (Lipinski definition) is 5. The van der Waals surface area contributed by atoms with Crippen LogP contribution in [0.4, 0.5) is 0 Å². The third-order valence-electron chi connectivity index (χ3n) is 3.00. The summed E-state index contributed by atoms with van der Waals surface area (Å²) in [4.78, 5) is 8.28. The summed E-state index contributed by atoms with van der Waals surface area (Å²) in [5.41, 5.74) is 1.78. The number of aliphatic hydroxyl groups is 1. The molecule has 0 spiro atoms. The van der Waals surface area contributed by atoms with Crippen LogP contribution in [0.25, 0.3) is 0 Å². The van der Waals surface area contributed by atoms with Crippen LogP contribution >= 0.6 is 0 Å². The maximum atomic E-state index is 12.3. The summed E-state index contributed by atoms with van der Waals surface area (Å²) in [6.07, 6.45) is 1.59. The first kappa shape index (κ1) is 15.6. The zero-order valence-corrected chi connectivity index (χ0v) is 12.7. The molecule has 0 aliphatic rings. The molecule has 2 N–H and O–H groups in total. The fraction of sp³-hybridized carbons (Fsp3) is 0.286. The number of aryl methyl sites for hydroxylation is 2. The number of aliphatic hydroxyl groups excluding tert-OH is 1. The molecule has 0 unspecified atom stereocenters. The van der Waals surface area contributed by atoms with E-state index in [4.69, 9.17) is 5.11 Å². The molecule has 0 atom stereocenters. The molecule has 0 bridgehead atoms. The number of nitrogens with zero attached hydrogens (tertiary/aromatic N) is 2. The van der Waals surface area contributed by atoms with Gasteiger partial charge in [-0.2, -0.15) is 0 Å². The first-order valence-corrected chi connectivity index (χ1v) is 7.89. The molecule has 0 aliphatic heterocycles. The number of rotatable bonds is 5. The molecule has 7 heteroatoms. The Balaban J connectivity index is 2.22. The van der Waals surface area contributed by atoms with Crippen molar-refractivity contribution in [1.29, 1.82) is 0 Å².